The maximum atomic E-state index is 11.4. The number of amides is 1. The average Bonchev–Trinajstić information content (AvgIpc) is 2.99. The zero-order chi connectivity index (χ0) is 11.0. The Kier molecular flexibility index (Phi) is 2.20. The molecular weight excluding hydrogens is 204 g/mol. The van der Waals surface area contributed by atoms with Gasteiger partial charge in [-0.3, -0.25) is 4.90 Å². The summed E-state index contributed by atoms with van der Waals surface area (Å²) in [5.74, 6) is 0. The molecule has 1 aromatic rings. The molecular formula is C12H14N2O2. The van der Waals surface area contributed by atoms with Crippen molar-refractivity contribution >= 4 is 17.5 Å². The van der Waals surface area contributed by atoms with Crippen LogP contribution in [0.5, 0.6) is 0 Å². The van der Waals surface area contributed by atoms with Crippen molar-refractivity contribution in [2.45, 2.75) is 18.9 Å². The Balaban J connectivity index is 1.80. The van der Waals surface area contributed by atoms with E-state index >= 15 is 0 Å². The van der Waals surface area contributed by atoms with Crippen LogP contribution in [0.4, 0.5) is 16.2 Å². The topological polar surface area (TPSA) is 41.6 Å². The van der Waals surface area contributed by atoms with Gasteiger partial charge in [-0.1, -0.05) is 6.07 Å². The predicted molar refractivity (Wildman–Crippen MR) is 61.8 cm³/mol. The highest BCUT2D eigenvalue weighted by Crippen LogP contribution is 2.27. The van der Waals surface area contributed by atoms with E-state index in [0.717, 1.165) is 11.4 Å². The van der Waals surface area contributed by atoms with Crippen LogP contribution in [0.2, 0.25) is 0 Å². The van der Waals surface area contributed by atoms with Gasteiger partial charge in [-0.2, -0.15) is 0 Å². The van der Waals surface area contributed by atoms with E-state index in [1.165, 1.54) is 12.8 Å². The average molecular weight is 218 g/mol. The molecule has 0 radical (unpaired) electrons. The Morgan fingerprint density at radius 1 is 1.38 bits per heavy atom. The van der Waals surface area contributed by atoms with Crippen LogP contribution in [-0.2, 0) is 4.74 Å². The van der Waals surface area contributed by atoms with E-state index in [1.54, 1.807) is 4.90 Å². The van der Waals surface area contributed by atoms with Crippen LogP contribution < -0.4 is 10.2 Å². The third-order valence-corrected chi connectivity index (χ3v) is 2.87. The summed E-state index contributed by atoms with van der Waals surface area (Å²) >= 11 is 0. The molecule has 1 saturated carbocycles. The zero-order valence-electron chi connectivity index (χ0n) is 8.98. The lowest BCUT2D eigenvalue weighted by molar-refractivity contribution is 0.181. The fourth-order valence-electron chi connectivity index (χ4n) is 1.85. The fraction of sp³-hybridized carbons (Fsp3) is 0.417. The van der Waals surface area contributed by atoms with Crippen LogP contribution in [-0.4, -0.2) is 25.3 Å². The summed E-state index contributed by atoms with van der Waals surface area (Å²) in [5.41, 5.74) is 1.99. The maximum absolute atomic E-state index is 11.4. The van der Waals surface area contributed by atoms with Gasteiger partial charge in [0, 0.05) is 17.4 Å². The Bertz CT molecular complexity index is 415. The van der Waals surface area contributed by atoms with E-state index in [4.69, 9.17) is 4.74 Å². The van der Waals surface area contributed by atoms with Crippen molar-refractivity contribution in [3.8, 4) is 0 Å². The fourth-order valence-corrected chi connectivity index (χ4v) is 1.85. The molecule has 16 heavy (non-hydrogen) atoms. The van der Waals surface area contributed by atoms with Crippen LogP contribution in [0, 0.1) is 0 Å². The highest BCUT2D eigenvalue weighted by Gasteiger charge is 2.24. The first kappa shape index (κ1) is 9.51. The van der Waals surface area contributed by atoms with Crippen molar-refractivity contribution in [1.29, 1.82) is 0 Å². The standard InChI is InChI=1S/C12H14N2O2/c15-12-14(6-7-16-12)11-3-1-2-10(8-11)13-9-4-5-9/h1-3,8-9,13H,4-7H2. The van der Waals surface area contributed by atoms with Crippen LogP contribution in [0.25, 0.3) is 0 Å². The summed E-state index contributed by atoms with van der Waals surface area (Å²) in [6.07, 6.45) is 2.25. The summed E-state index contributed by atoms with van der Waals surface area (Å²) in [4.78, 5) is 13.1. The molecule has 3 rings (SSSR count). The van der Waals surface area contributed by atoms with Crippen molar-refractivity contribution < 1.29 is 9.53 Å². The molecule has 4 heteroatoms. The lowest BCUT2D eigenvalue weighted by atomic mass is 10.2. The molecule has 1 aliphatic heterocycles. The first-order chi connectivity index (χ1) is 7.83. The molecule has 1 aromatic carbocycles. The number of hydrogen-bond acceptors (Lipinski definition) is 3. The number of carbonyl (C=O) groups is 1. The summed E-state index contributed by atoms with van der Waals surface area (Å²) in [7, 11) is 0. The summed E-state index contributed by atoms with van der Waals surface area (Å²) in [5, 5.41) is 3.42. The predicted octanol–water partition coefficient (Wildman–Crippen LogP) is 2.22. The van der Waals surface area contributed by atoms with E-state index in [0.29, 0.717) is 19.2 Å². The smallest absolute Gasteiger partial charge is 0.414 e. The first-order valence-electron chi connectivity index (χ1n) is 5.64. The molecule has 0 atom stereocenters. The second kappa shape index (κ2) is 3.70. The number of rotatable bonds is 3. The minimum absolute atomic E-state index is 0.247. The minimum atomic E-state index is -0.247. The molecule has 0 unspecified atom stereocenters. The molecule has 84 valence electrons. The normalized spacial score (nSPS) is 19.8. The highest BCUT2D eigenvalue weighted by atomic mass is 16.6. The van der Waals surface area contributed by atoms with Gasteiger partial charge in [-0.15, -0.1) is 0 Å². The van der Waals surface area contributed by atoms with Gasteiger partial charge in [0.1, 0.15) is 6.61 Å². The lowest BCUT2D eigenvalue weighted by Crippen LogP contribution is -2.23. The molecule has 1 aliphatic carbocycles. The Hall–Kier alpha value is -1.71. The minimum Gasteiger partial charge on any atom is -0.447 e. The SMILES string of the molecule is O=C1OCCN1c1cccc(NC2CC2)c1. The van der Waals surface area contributed by atoms with Gasteiger partial charge in [-0.25, -0.2) is 4.79 Å². The van der Waals surface area contributed by atoms with Gasteiger partial charge in [0.2, 0.25) is 0 Å². The number of hydrogen-bond donors (Lipinski definition) is 1. The van der Waals surface area contributed by atoms with Crippen molar-refractivity contribution in [1.82, 2.24) is 0 Å². The van der Waals surface area contributed by atoms with E-state index in [-0.39, 0.29) is 6.09 Å². The molecule has 1 N–H and O–H groups in total. The Morgan fingerprint density at radius 2 is 2.25 bits per heavy atom. The second-order valence-electron chi connectivity index (χ2n) is 4.23. The largest absolute Gasteiger partial charge is 0.447 e. The van der Waals surface area contributed by atoms with E-state index in [1.807, 2.05) is 24.3 Å². The van der Waals surface area contributed by atoms with Crippen LogP contribution in [0.1, 0.15) is 12.8 Å². The maximum Gasteiger partial charge on any atom is 0.414 e. The highest BCUT2D eigenvalue weighted by molar-refractivity contribution is 5.89. The molecule has 2 fully saturated rings. The Labute approximate surface area is 94.2 Å². The van der Waals surface area contributed by atoms with Crippen molar-refractivity contribution in [3.63, 3.8) is 0 Å². The molecule has 0 aromatic heterocycles. The van der Waals surface area contributed by atoms with Gasteiger partial charge < -0.3 is 10.1 Å². The van der Waals surface area contributed by atoms with Crippen molar-refractivity contribution in [2.75, 3.05) is 23.4 Å². The monoisotopic (exact) mass is 218 g/mol. The molecule has 0 bridgehead atoms. The summed E-state index contributed by atoms with van der Waals surface area (Å²) < 4.78 is 4.92. The van der Waals surface area contributed by atoms with Crippen LogP contribution in [0.15, 0.2) is 24.3 Å². The lowest BCUT2D eigenvalue weighted by Gasteiger charge is -2.14. The number of nitrogens with zero attached hydrogens (tertiary/aromatic N) is 1. The number of ether oxygens (including phenoxy) is 1. The van der Waals surface area contributed by atoms with E-state index < -0.39 is 0 Å². The Morgan fingerprint density at radius 3 is 2.94 bits per heavy atom. The third-order valence-electron chi connectivity index (χ3n) is 2.87. The van der Waals surface area contributed by atoms with Crippen molar-refractivity contribution in [3.05, 3.63) is 24.3 Å². The number of carbonyl (C=O) groups excluding carboxylic acids is 1. The molecule has 2 aliphatic rings. The van der Waals surface area contributed by atoms with E-state index in [2.05, 4.69) is 5.32 Å². The van der Waals surface area contributed by atoms with Gasteiger partial charge in [0.15, 0.2) is 0 Å². The number of cyclic esters (lactones) is 1. The molecule has 1 saturated heterocycles. The number of anilines is 2. The van der Waals surface area contributed by atoms with Crippen LogP contribution in [0.3, 0.4) is 0 Å². The zero-order valence-corrected chi connectivity index (χ0v) is 8.98. The quantitative estimate of drug-likeness (QED) is 0.845. The molecule has 1 amide bonds. The first-order valence-corrected chi connectivity index (χ1v) is 5.64. The molecule has 1 heterocycles. The van der Waals surface area contributed by atoms with E-state index in [9.17, 15) is 4.79 Å². The number of benzene rings is 1. The van der Waals surface area contributed by atoms with Crippen molar-refractivity contribution in [2.24, 2.45) is 0 Å². The van der Waals surface area contributed by atoms with Gasteiger partial charge in [-0.05, 0) is 31.0 Å². The third kappa shape index (κ3) is 1.83. The summed E-state index contributed by atoms with van der Waals surface area (Å²) in [6, 6.07) is 8.56. The van der Waals surface area contributed by atoms with Gasteiger partial charge in [0.25, 0.3) is 0 Å². The second-order valence-corrected chi connectivity index (χ2v) is 4.23. The molecule has 4 nitrogen and oxygen atoms in total. The molecule has 0 spiro atoms. The summed E-state index contributed by atoms with van der Waals surface area (Å²) in [6.45, 7) is 1.13. The number of nitrogens with one attached hydrogen (secondary N) is 1. The van der Waals surface area contributed by atoms with Gasteiger partial charge in [0.05, 0.1) is 6.54 Å². The van der Waals surface area contributed by atoms with Gasteiger partial charge >= 0.3 is 6.09 Å². The van der Waals surface area contributed by atoms with Crippen LogP contribution >= 0.6 is 0 Å².